The summed E-state index contributed by atoms with van der Waals surface area (Å²) < 4.78 is 41.4. The van der Waals surface area contributed by atoms with Crippen molar-refractivity contribution < 1.29 is 22.8 Å². The van der Waals surface area contributed by atoms with E-state index in [2.05, 4.69) is 37.2 Å². The van der Waals surface area contributed by atoms with Crippen LogP contribution in [0, 0.1) is 0 Å². The zero-order chi connectivity index (χ0) is 30.8. The maximum Gasteiger partial charge on any atom is 0.416 e. The minimum atomic E-state index is -4.55. The molecule has 0 radical (unpaired) electrons. The molecule has 2 aliphatic rings. The molecule has 0 unspecified atom stereocenters. The molecule has 4 heterocycles. The van der Waals surface area contributed by atoms with Gasteiger partial charge in [-0.25, -0.2) is 15.0 Å². The number of nitrogens with zero attached hydrogens (tertiary/aromatic N) is 4. The van der Waals surface area contributed by atoms with Crippen LogP contribution in [-0.2, 0) is 17.4 Å². The lowest BCUT2D eigenvalue weighted by Crippen LogP contribution is -2.38. The molecule has 228 valence electrons. The van der Waals surface area contributed by atoms with Crippen molar-refractivity contribution in [2.45, 2.75) is 69.5 Å². The van der Waals surface area contributed by atoms with Crippen LogP contribution in [0.1, 0.15) is 78.3 Å². The fraction of sp³-hybridized carbons (Fsp3) is 0.344. The number of nitrogens with one attached hydrogen (secondary N) is 2. The molecule has 6 rings (SSSR count). The van der Waals surface area contributed by atoms with Gasteiger partial charge < -0.3 is 16.4 Å². The van der Waals surface area contributed by atoms with Crippen molar-refractivity contribution >= 4 is 29.0 Å². The summed E-state index contributed by atoms with van der Waals surface area (Å²) in [6.07, 6.45) is 8.69. The highest BCUT2D eigenvalue weighted by Gasteiger charge is 2.32. The highest BCUT2D eigenvalue weighted by molar-refractivity contribution is 6.04. The minimum Gasteiger partial charge on any atom is -0.382 e. The van der Waals surface area contributed by atoms with Crippen LogP contribution < -0.4 is 16.4 Å². The molecular formula is C32H32F3N7O2. The number of carbonyl (C=O) groups is 2. The number of halogens is 3. The normalized spacial score (nSPS) is 20.0. The minimum absolute atomic E-state index is 0.0716. The number of allylic oxidation sites excluding steroid dienone is 2. The van der Waals surface area contributed by atoms with Crippen LogP contribution >= 0.6 is 0 Å². The summed E-state index contributed by atoms with van der Waals surface area (Å²) >= 11 is 0. The van der Waals surface area contributed by atoms with Crippen LogP contribution in [0.3, 0.4) is 0 Å². The smallest absolute Gasteiger partial charge is 0.382 e. The largest absolute Gasteiger partial charge is 0.416 e. The van der Waals surface area contributed by atoms with Gasteiger partial charge in [0.15, 0.2) is 0 Å². The van der Waals surface area contributed by atoms with E-state index in [1.54, 1.807) is 30.5 Å². The summed E-state index contributed by atoms with van der Waals surface area (Å²) in [5.41, 5.74) is 8.77. The fourth-order valence-corrected chi connectivity index (χ4v) is 6.05. The number of pyridine rings is 1. The molecule has 0 spiro atoms. The lowest BCUT2D eigenvalue weighted by Gasteiger charge is -2.29. The number of aromatic nitrogens is 4. The number of benzene rings is 1. The zero-order valence-electron chi connectivity index (χ0n) is 23.9. The average molecular weight is 604 g/mol. The summed E-state index contributed by atoms with van der Waals surface area (Å²) in [4.78, 5) is 38.9. The van der Waals surface area contributed by atoms with Crippen LogP contribution in [0.4, 0.5) is 24.8 Å². The van der Waals surface area contributed by atoms with Gasteiger partial charge in [0.1, 0.15) is 28.7 Å². The number of rotatable bonds is 3. The summed E-state index contributed by atoms with van der Waals surface area (Å²) in [5, 5.41) is 5.65. The Hall–Kier alpha value is -4.74. The van der Waals surface area contributed by atoms with E-state index in [1.807, 2.05) is 0 Å². The zero-order valence-corrected chi connectivity index (χ0v) is 23.9. The van der Waals surface area contributed by atoms with E-state index in [0.29, 0.717) is 35.4 Å². The number of anilines is 2. The maximum absolute atomic E-state index is 13.1. The van der Waals surface area contributed by atoms with Gasteiger partial charge in [0, 0.05) is 54.0 Å². The van der Waals surface area contributed by atoms with E-state index in [-0.39, 0.29) is 29.2 Å². The number of carbonyl (C=O) groups excluding carboxylic acids is 2. The molecule has 1 fully saturated rings. The van der Waals surface area contributed by atoms with E-state index < -0.39 is 17.6 Å². The number of hydrogen-bond acceptors (Lipinski definition) is 6. The fourth-order valence-electron chi connectivity index (χ4n) is 6.05. The van der Waals surface area contributed by atoms with Gasteiger partial charge in [-0.05, 0) is 56.4 Å². The Kier molecular flexibility index (Phi) is 8.07. The van der Waals surface area contributed by atoms with E-state index >= 15 is 0 Å². The molecule has 2 bridgehead atoms. The third-order valence-electron chi connectivity index (χ3n) is 8.21. The van der Waals surface area contributed by atoms with Gasteiger partial charge in [-0.1, -0.05) is 30.7 Å². The molecule has 1 aliphatic heterocycles. The first kappa shape index (κ1) is 29.3. The van der Waals surface area contributed by atoms with Gasteiger partial charge in [-0.15, -0.1) is 0 Å². The number of imidazole rings is 1. The van der Waals surface area contributed by atoms with Gasteiger partial charge in [-0.3, -0.25) is 14.0 Å². The third kappa shape index (κ3) is 6.15. The molecule has 44 heavy (non-hydrogen) atoms. The molecule has 12 heteroatoms. The SMILES string of the molecule is Nc1ncc2n3c(nc(-c4ccc(C(=O)Nc5cc(C(F)(F)F)ccn5)cc4)c13)[C@@H]1CCC[C@H](C1)NC(=O)CCC/C=C/C2. The van der Waals surface area contributed by atoms with Gasteiger partial charge in [0.25, 0.3) is 5.91 Å². The lowest BCUT2D eigenvalue weighted by atomic mass is 9.85. The van der Waals surface area contributed by atoms with Crippen LogP contribution in [0.2, 0.25) is 0 Å². The Morgan fingerprint density at radius 3 is 2.68 bits per heavy atom. The Balaban J connectivity index is 1.35. The summed E-state index contributed by atoms with van der Waals surface area (Å²) in [5.74, 6) is 0.564. The van der Waals surface area contributed by atoms with Crippen molar-refractivity contribution in [3.63, 3.8) is 0 Å². The number of nitrogens with two attached hydrogens (primary N) is 1. The second-order valence-electron chi connectivity index (χ2n) is 11.3. The molecule has 4 aromatic rings. The summed E-state index contributed by atoms with van der Waals surface area (Å²) in [6, 6.07) is 8.34. The highest BCUT2D eigenvalue weighted by Crippen LogP contribution is 2.38. The van der Waals surface area contributed by atoms with Gasteiger partial charge in [0.2, 0.25) is 5.91 Å². The molecule has 2 atom stereocenters. The second-order valence-corrected chi connectivity index (χ2v) is 11.3. The Morgan fingerprint density at radius 2 is 1.89 bits per heavy atom. The Labute approximate surface area is 251 Å². The van der Waals surface area contributed by atoms with Crippen molar-refractivity contribution in [1.29, 1.82) is 0 Å². The first-order chi connectivity index (χ1) is 21.2. The van der Waals surface area contributed by atoms with Gasteiger partial charge in [-0.2, -0.15) is 13.2 Å². The molecule has 4 N–H and O–H groups in total. The van der Waals surface area contributed by atoms with Crippen LogP contribution in [0.25, 0.3) is 16.8 Å². The predicted molar refractivity (Wildman–Crippen MR) is 160 cm³/mol. The van der Waals surface area contributed by atoms with E-state index in [4.69, 9.17) is 10.7 Å². The maximum atomic E-state index is 13.1. The monoisotopic (exact) mass is 603 g/mol. The van der Waals surface area contributed by atoms with Crippen molar-refractivity contribution in [3.05, 3.63) is 83.6 Å². The van der Waals surface area contributed by atoms with E-state index in [1.165, 1.54) is 0 Å². The molecule has 0 saturated heterocycles. The van der Waals surface area contributed by atoms with Crippen molar-refractivity contribution in [3.8, 4) is 11.3 Å². The molecule has 3 aromatic heterocycles. The first-order valence-corrected chi connectivity index (χ1v) is 14.7. The Bertz CT molecular complexity index is 1730. The first-order valence-electron chi connectivity index (χ1n) is 14.7. The van der Waals surface area contributed by atoms with Crippen LogP contribution in [0.15, 0.2) is 60.9 Å². The van der Waals surface area contributed by atoms with Crippen molar-refractivity contribution in [2.75, 3.05) is 11.1 Å². The van der Waals surface area contributed by atoms with E-state index in [9.17, 15) is 22.8 Å². The van der Waals surface area contributed by atoms with Crippen LogP contribution in [-0.4, -0.2) is 37.2 Å². The average Bonchev–Trinajstić information content (AvgIpc) is 3.41. The predicted octanol–water partition coefficient (Wildman–Crippen LogP) is 6.07. The second kappa shape index (κ2) is 12.1. The van der Waals surface area contributed by atoms with E-state index in [0.717, 1.165) is 68.4 Å². The molecule has 1 saturated carbocycles. The number of fused-ring (bicyclic) bond motifs is 3. The standard InChI is InChI=1S/C32H32F3N7O2/c33-32(34,35)22-14-15-37-25(17-22)40-31(44)20-12-10-19(11-13-20)27-28-29(36)38-18-24-8-3-1-2-4-9-26(43)39-23-7-5-6-21(16-23)30(41-27)42(24)28/h1,3,10-15,17-18,21,23H,2,4-9,16H2,(H2,36,38)(H,39,43)(H,37,40,44)/b3-1+/t21-,23-/m1/s1. The van der Waals surface area contributed by atoms with Crippen LogP contribution in [0.5, 0.6) is 0 Å². The molecule has 1 aliphatic carbocycles. The Morgan fingerprint density at radius 1 is 1.07 bits per heavy atom. The molecular weight excluding hydrogens is 571 g/mol. The quantitative estimate of drug-likeness (QED) is 0.244. The topological polar surface area (TPSA) is 127 Å². The number of alkyl halides is 3. The summed E-state index contributed by atoms with van der Waals surface area (Å²) in [7, 11) is 0. The molecule has 2 amide bonds. The van der Waals surface area contributed by atoms with Crippen molar-refractivity contribution in [2.24, 2.45) is 0 Å². The number of nitrogen functional groups attached to an aromatic ring is 1. The molecule has 9 nitrogen and oxygen atoms in total. The lowest BCUT2D eigenvalue weighted by molar-refractivity contribution is -0.137. The highest BCUT2D eigenvalue weighted by atomic mass is 19.4. The van der Waals surface area contributed by atoms with Gasteiger partial charge >= 0.3 is 6.18 Å². The number of hydrogen-bond donors (Lipinski definition) is 3. The molecule has 1 aromatic carbocycles. The van der Waals surface area contributed by atoms with Crippen molar-refractivity contribution in [1.82, 2.24) is 24.7 Å². The summed E-state index contributed by atoms with van der Waals surface area (Å²) in [6.45, 7) is 0. The van der Waals surface area contributed by atoms with Gasteiger partial charge in [0.05, 0.1) is 5.56 Å². The third-order valence-corrected chi connectivity index (χ3v) is 8.21. The number of amides is 2.